The Hall–Kier alpha value is -1.79. The van der Waals surface area contributed by atoms with Crippen LogP contribution in [0.1, 0.15) is 37.7 Å². The third-order valence-corrected chi connectivity index (χ3v) is 6.68. The minimum Gasteiger partial charge on any atom is -0.454 e. The molecule has 28 heavy (non-hydrogen) atoms. The molecule has 6 nitrogen and oxygen atoms in total. The summed E-state index contributed by atoms with van der Waals surface area (Å²) < 4.78 is 10.9. The van der Waals surface area contributed by atoms with Gasteiger partial charge in [0, 0.05) is 58.3 Å². The van der Waals surface area contributed by atoms with Crippen LogP contribution in [0, 0.1) is 5.92 Å². The van der Waals surface area contributed by atoms with Gasteiger partial charge in [0.1, 0.15) is 0 Å². The summed E-state index contributed by atoms with van der Waals surface area (Å²) in [5, 5.41) is 0. The zero-order valence-corrected chi connectivity index (χ0v) is 16.6. The first-order valence-corrected chi connectivity index (χ1v) is 10.9. The quantitative estimate of drug-likeness (QED) is 0.778. The van der Waals surface area contributed by atoms with Crippen molar-refractivity contribution in [1.29, 1.82) is 0 Å². The number of nitrogens with zero attached hydrogens (tertiary/aromatic N) is 3. The van der Waals surface area contributed by atoms with Crippen molar-refractivity contribution in [3.63, 3.8) is 0 Å². The first-order chi connectivity index (χ1) is 13.7. The van der Waals surface area contributed by atoms with Crippen molar-refractivity contribution in [3.8, 4) is 11.5 Å². The zero-order valence-electron chi connectivity index (χ0n) is 16.6. The second kappa shape index (κ2) is 7.91. The van der Waals surface area contributed by atoms with Crippen LogP contribution in [0.2, 0.25) is 0 Å². The summed E-state index contributed by atoms with van der Waals surface area (Å²) >= 11 is 0. The van der Waals surface area contributed by atoms with Gasteiger partial charge in [0.25, 0.3) is 0 Å². The van der Waals surface area contributed by atoms with Crippen LogP contribution in [0.3, 0.4) is 0 Å². The number of rotatable bonds is 5. The molecule has 0 spiro atoms. The van der Waals surface area contributed by atoms with E-state index in [-0.39, 0.29) is 0 Å². The van der Waals surface area contributed by atoms with Crippen LogP contribution in [0.5, 0.6) is 11.5 Å². The van der Waals surface area contributed by atoms with Gasteiger partial charge in [-0.1, -0.05) is 6.07 Å². The lowest BCUT2D eigenvalue weighted by Crippen LogP contribution is -2.55. The fraction of sp³-hybridized carbons (Fsp3) is 0.682. The molecule has 3 aliphatic heterocycles. The maximum Gasteiger partial charge on any atom is 0.231 e. The molecule has 0 radical (unpaired) electrons. The number of benzene rings is 1. The average Bonchev–Trinajstić information content (AvgIpc) is 3.42. The first-order valence-electron chi connectivity index (χ1n) is 10.9. The minimum absolute atomic E-state index is 0.332. The number of fused-ring (bicyclic) bond motifs is 1. The third-order valence-electron chi connectivity index (χ3n) is 6.68. The number of hydrogen-bond acceptors (Lipinski definition) is 5. The molecule has 3 fully saturated rings. The predicted molar refractivity (Wildman–Crippen MR) is 106 cm³/mol. The second-order valence-corrected chi connectivity index (χ2v) is 8.78. The highest BCUT2D eigenvalue weighted by Crippen LogP contribution is 2.34. The highest BCUT2D eigenvalue weighted by molar-refractivity contribution is 5.76. The van der Waals surface area contributed by atoms with E-state index in [1.807, 2.05) is 6.07 Å². The number of amides is 1. The second-order valence-electron chi connectivity index (χ2n) is 8.78. The van der Waals surface area contributed by atoms with Gasteiger partial charge in [0.15, 0.2) is 11.5 Å². The Labute approximate surface area is 167 Å². The fourth-order valence-electron chi connectivity index (χ4n) is 4.76. The van der Waals surface area contributed by atoms with Crippen molar-refractivity contribution >= 4 is 5.91 Å². The van der Waals surface area contributed by atoms with Gasteiger partial charge in [-0.15, -0.1) is 0 Å². The van der Waals surface area contributed by atoms with E-state index < -0.39 is 0 Å². The monoisotopic (exact) mass is 385 g/mol. The molecule has 3 heterocycles. The third kappa shape index (κ3) is 4.13. The summed E-state index contributed by atoms with van der Waals surface area (Å²) in [6.45, 7) is 7.56. The SMILES string of the molecule is O=C(CC1CC1)N1CCCC(N2CCN(Cc3ccc4c(c3)OCO4)CC2)C1. The number of piperazine rings is 1. The molecule has 1 unspecified atom stereocenters. The molecular formula is C22H31N3O3. The lowest BCUT2D eigenvalue weighted by molar-refractivity contribution is -0.134. The van der Waals surface area contributed by atoms with Crippen LogP contribution in [0.4, 0.5) is 0 Å². The standard InChI is InChI=1S/C22H31N3O3/c26-22(13-17-3-4-17)25-7-1-2-19(15-25)24-10-8-23(9-11-24)14-18-5-6-20-21(12-18)28-16-27-20/h5-6,12,17,19H,1-4,7-11,13-16H2. The number of piperidine rings is 1. The van der Waals surface area contributed by atoms with Crippen LogP contribution in [-0.2, 0) is 11.3 Å². The van der Waals surface area contributed by atoms with Crippen LogP contribution in [0.25, 0.3) is 0 Å². The maximum atomic E-state index is 12.5. The largest absolute Gasteiger partial charge is 0.454 e. The lowest BCUT2D eigenvalue weighted by atomic mass is 10.0. The molecule has 1 amide bonds. The molecule has 0 N–H and O–H groups in total. The van der Waals surface area contributed by atoms with E-state index in [2.05, 4.69) is 26.8 Å². The zero-order chi connectivity index (χ0) is 18.9. The first kappa shape index (κ1) is 18.3. The van der Waals surface area contributed by atoms with Gasteiger partial charge in [0.2, 0.25) is 12.7 Å². The molecule has 1 aliphatic carbocycles. The molecule has 1 aromatic carbocycles. The molecule has 2 saturated heterocycles. The van der Waals surface area contributed by atoms with E-state index in [0.29, 0.717) is 24.7 Å². The van der Waals surface area contributed by atoms with Crippen LogP contribution < -0.4 is 9.47 Å². The Morgan fingerprint density at radius 1 is 1.00 bits per heavy atom. The Morgan fingerprint density at radius 2 is 1.82 bits per heavy atom. The molecular weight excluding hydrogens is 354 g/mol. The van der Waals surface area contributed by atoms with Crippen molar-refractivity contribution in [1.82, 2.24) is 14.7 Å². The van der Waals surface area contributed by atoms with Crippen molar-refractivity contribution in [2.75, 3.05) is 46.1 Å². The summed E-state index contributed by atoms with van der Waals surface area (Å²) in [5.41, 5.74) is 1.28. The van der Waals surface area contributed by atoms with Crippen molar-refractivity contribution in [2.24, 2.45) is 5.92 Å². The van der Waals surface area contributed by atoms with E-state index in [1.54, 1.807) is 0 Å². The van der Waals surface area contributed by atoms with E-state index >= 15 is 0 Å². The van der Waals surface area contributed by atoms with Crippen LogP contribution in [-0.4, -0.2) is 72.7 Å². The smallest absolute Gasteiger partial charge is 0.231 e. The molecule has 5 rings (SSSR count). The summed E-state index contributed by atoms with van der Waals surface area (Å²) in [5.74, 6) is 2.81. The number of likely N-dealkylation sites (tertiary alicyclic amines) is 1. The van der Waals surface area contributed by atoms with Gasteiger partial charge in [-0.3, -0.25) is 14.6 Å². The molecule has 152 valence electrons. The molecule has 6 heteroatoms. The van der Waals surface area contributed by atoms with Crippen molar-refractivity contribution < 1.29 is 14.3 Å². The summed E-state index contributed by atoms with van der Waals surface area (Å²) in [6, 6.07) is 6.82. The summed E-state index contributed by atoms with van der Waals surface area (Å²) in [6.07, 6.45) is 5.69. The molecule has 4 aliphatic rings. The molecule has 1 aromatic rings. The number of carbonyl (C=O) groups is 1. The van der Waals surface area contributed by atoms with Crippen LogP contribution in [0.15, 0.2) is 18.2 Å². The van der Waals surface area contributed by atoms with Gasteiger partial charge in [-0.25, -0.2) is 0 Å². The van der Waals surface area contributed by atoms with E-state index in [9.17, 15) is 4.79 Å². The van der Waals surface area contributed by atoms with E-state index in [4.69, 9.17) is 9.47 Å². The highest BCUT2D eigenvalue weighted by atomic mass is 16.7. The summed E-state index contributed by atoms with van der Waals surface area (Å²) in [4.78, 5) is 19.8. The molecule has 1 atom stereocenters. The maximum absolute atomic E-state index is 12.5. The Morgan fingerprint density at radius 3 is 2.64 bits per heavy atom. The van der Waals surface area contributed by atoms with Gasteiger partial charge in [0.05, 0.1) is 0 Å². The fourth-order valence-corrected chi connectivity index (χ4v) is 4.76. The van der Waals surface area contributed by atoms with E-state index in [1.165, 1.54) is 24.8 Å². The van der Waals surface area contributed by atoms with Gasteiger partial charge in [-0.05, 0) is 49.3 Å². The highest BCUT2D eigenvalue weighted by Gasteiger charge is 2.32. The van der Waals surface area contributed by atoms with Gasteiger partial charge < -0.3 is 14.4 Å². The number of carbonyl (C=O) groups excluding carboxylic acids is 1. The van der Waals surface area contributed by atoms with E-state index in [0.717, 1.165) is 70.2 Å². The van der Waals surface area contributed by atoms with Crippen molar-refractivity contribution in [2.45, 2.75) is 44.7 Å². The number of hydrogen-bond donors (Lipinski definition) is 0. The summed E-state index contributed by atoms with van der Waals surface area (Å²) in [7, 11) is 0. The Balaban J connectivity index is 1.11. The Kier molecular flexibility index (Phi) is 5.16. The van der Waals surface area contributed by atoms with Gasteiger partial charge >= 0.3 is 0 Å². The van der Waals surface area contributed by atoms with Gasteiger partial charge in [-0.2, -0.15) is 0 Å². The predicted octanol–water partition coefficient (Wildman–Crippen LogP) is 2.32. The van der Waals surface area contributed by atoms with Crippen molar-refractivity contribution in [3.05, 3.63) is 23.8 Å². The Bertz CT molecular complexity index is 713. The normalized spacial score (nSPS) is 25.9. The lowest BCUT2D eigenvalue weighted by Gasteiger charge is -2.43. The van der Waals surface area contributed by atoms with Crippen LogP contribution >= 0.6 is 0 Å². The molecule has 0 aromatic heterocycles. The number of ether oxygens (including phenoxy) is 2. The topological polar surface area (TPSA) is 45.3 Å². The molecule has 1 saturated carbocycles. The molecule has 0 bridgehead atoms. The average molecular weight is 386 g/mol. The minimum atomic E-state index is 0.332.